The van der Waals surface area contributed by atoms with E-state index in [0.29, 0.717) is 5.69 Å². The molecule has 1 aliphatic rings. The molecule has 0 aliphatic carbocycles. The summed E-state index contributed by atoms with van der Waals surface area (Å²) < 4.78 is 21.4. The van der Waals surface area contributed by atoms with Gasteiger partial charge >= 0.3 is 0 Å². The highest BCUT2D eigenvalue weighted by atomic mass is 32.2. The lowest BCUT2D eigenvalue weighted by Crippen LogP contribution is -2.28. The van der Waals surface area contributed by atoms with Crippen LogP contribution in [0.25, 0.3) is 0 Å². The van der Waals surface area contributed by atoms with Gasteiger partial charge in [-0.15, -0.1) is 0 Å². The molecule has 4 nitrogen and oxygen atoms in total. The SMILES string of the molecule is Fc1cncc(NSCCN2CCCOCC2)c1. The van der Waals surface area contributed by atoms with E-state index in [-0.39, 0.29) is 5.82 Å². The van der Waals surface area contributed by atoms with E-state index in [1.54, 1.807) is 18.1 Å². The van der Waals surface area contributed by atoms with Crippen molar-refractivity contribution in [2.45, 2.75) is 6.42 Å². The van der Waals surface area contributed by atoms with Crippen LogP contribution in [0.5, 0.6) is 0 Å². The van der Waals surface area contributed by atoms with E-state index in [9.17, 15) is 4.39 Å². The Labute approximate surface area is 111 Å². The fourth-order valence-electron chi connectivity index (χ4n) is 1.80. The number of hydrogen-bond acceptors (Lipinski definition) is 5. The molecule has 0 spiro atoms. The number of hydrogen-bond donors (Lipinski definition) is 1. The number of nitrogens with zero attached hydrogens (tertiary/aromatic N) is 2. The van der Waals surface area contributed by atoms with Gasteiger partial charge in [-0.05, 0) is 6.42 Å². The minimum atomic E-state index is -0.315. The van der Waals surface area contributed by atoms with Crippen LogP contribution in [-0.4, -0.2) is 48.5 Å². The lowest BCUT2D eigenvalue weighted by atomic mass is 10.4. The van der Waals surface area contributed by atoms with Gasteiger partial charge in [0.15, 0.2) is 0 Å². The highest BCUT2D eigenvalue weighted by Gasteiger charge is 2.08. The second kappa shape index (κ2) is 7.56. The largest absolute Gasteiger partial charge is 0.380 e. The summed E-state index contributed by atoms with van der Waals surface area (Å²) in [6, 6.07) is 1.44. The normalized spacial score (nSPS) is 17.4. The van der Waals surface area contributed by atoms with Crippen molar-refractivity contribution in [3.8, 4) is 0 Å². The number of pyridine rings is 1. The summed E-state index contributed by atoms with van der Waals surface area (Å²) >= 11 is 1.58. The van der Waals surface area contributed by atoms with Crippen molar-refractivity contribution in [1.29, 1.82) is 0 Å². The molecule has 2 rings (SSSR count). The molecular weight excluding hydrogens is 253 g/mol. The molecule has 1 saturated heterocycles. The molecule has 0 radical (unpaired) electrons. The van der Waals surface area contributed by atoms with Crippen LogP contribution in [0.15, 0.2) is 18.5 Å². The third-order valence-electron chi connectivity index (χ3n) is 2.72. The molecule has 1 fully saturated rings. The number of nitrogens with one attached hydrogen (secondary N) is 1. The molecule has 0 amide bonds. The summed E-state index contributed by atoms with van der Waals surface area (Å²) in [6.45, 7) is 4.82. The van der Waals surface area contributed by atoms with Gasteiger partial charge in [-0.25, -0.2) is 4.39 Å². The number of aromatic nitrogens is 1. The van der Waals surface area contributed by atoms with Crippen LogP contribution in [0.1, 0.15) is 6.42 Å². The van der Waals surface area contributed by atoms with Crippen molar-refractivity contribution in [2.24, 2.45) is 0 Å². The predicted molar refractivity (Wildman–Crippen MR) is 72.2 cm³/mol. The summed E-state index contributed by atoms with van der Waals surface area (Å²) in [5.74, 6) is 0.640. The van der Waals surface area contributed by atoms with Crippen LogP contribution in [0.4, 0.5) is 10.1 Å². The van der Waals surface area contributed by atoms with Gasteiger partial charge < -0.3 is 14.4 Å². The maximum atomic E-state index is 12.9. The minimum Gasteiger partial charge on any atom is -0.380 e. The van der Waals surface area contributed by atoms with Crippen molar-refractivity contribution < 1.29 is 9.13 Å². The van der Waals surface area contributed by atoms with E-state index in [1.165, 1.54) is 12.3 Å². The highest BCUT2D eigenvalue weighted by Crippen LogP contribution is 2.12. The maximum Gasteiger partial charge on any atom is 0.143 e. The van der Waals surface area contributed by atoms with E-state index in [2.05, 4.69) is 14.6 Å². The molecule has 100 valence electrons. The van der Waals surface area contributed by atoms with Crippen LogP contribution in [0, 0.1) is 5.82 Å². The number of ether oxygens (including phenoxy) is 1. The molecule has 1 aromatic heterocycles. The predicted octanol–water partition coefficient (Wildman–Crippen LogP) is 2.00. The first-order chi connectivity index (χ1) is 8.84. The summed E-state index contributed by atoms with van der Waals surface area (Å²) in [6.07, 6.45) is 3.93. The van der Waals surface area contributed by atoms with E-state index < -0.39 is 0 Å². The molecule has 0 unspecified atom stereocenters. The van der Waals surface area contributed by atoms with Gasteiger partial charge in [-0.2, -0.15) is 0 Å². The zero-order chi connectivity index (χ0) is 12.6. The zero-order valence-electron chi connectivity index (χ0n) is 10.3. The molecule has 0 bridgehead atoms. The van der Waals surface area contributed by atoms with Gasteiger partial charge in [-0.1, -0.05) is 11.9 Å². The van der Waals surface area contributed by atoms with Crippen molar-refractivity contribution in [2.75, 3.05) is 43.3 Å². The molecule has 0 atom stereocenters. The molecule has 1 aromatic rings. The van der Waals surface area contributed by atoms with Gasteiger partial charge in [0.1, 0.15) is 5.82 Å². The lowest BCUT2D eigenvalue weighted by molar-refractivity contribution is 0.142. The quantitative estimate of drug-likeness (QED) is 0.655. The Hall–Kier alpha value is -0.850. The molecule has 18 heavy (non-hydrogen) atoms. The summed E-state index contributed by atoms with van der Waals surface area (Å²) in [4.78, 5) is 6.18. The van der Waals surface area contributed by atoms with E-state index in [1.807, 2.05) is 0 Å². The Morgan fingerprint density at radius 3 is 3.22 bits per heavy atom. The first-order valence-electron chi connectivity index (χ1n) is 6.13. The van der Waals surface area contributed by atoms with Gasteiger partial charge in [-0.3, -0.25) is 4.98 Å². The molecule has 6 heteroatoms. The number of anilines is 1. The molecule has 1 N–H and O–H groups in total. The van der Waals surface area contributed by atoms with Crippen molar-refractivity contribution in [3.63, 3.8) is 0 Å². The van der Waals surface area contributed by atoms with Gasteiger partial charge in [0.05, 0.1) is 24.7 Å². The van der Waals surface area contributed by atoms with E-state index in [0.717, 1.165) is 45.0 Å². The maximum absolute atomic E-state index is 12.9. The Kier molecular flexibility index (Phi) is 5.70. The Morgan fingerprint density at radius 1 is 1.39 bits per heavy atom. The second-order valence-corrected chi connectivity index (χ2v) is 5.05. The molecule has 0 aromatic carbocycles. The third-order valence-corrected chi connectivity index (χ3v) is 3.49. The minimum absolute atomic E-state index is 0.315. The van der Waals surface area contributed by atoms with Crippen molar-refractivity contribution in [1.82, 2.24) is 9.88 Å². The Morgan fingerprint density at radius 2 is 2.33 bits per heavy atom. The van der Waals surface area contributed by atoms with Gasteiger partial charge in [0.2, 0.25) is 0 Å². The number of rotatable bonds is 5. The molecule has 2 heterocycles. The monoisotopic (exact) mass is 271 g/mol. The number of halogens is 1. The molecule has 1 aliphatic heterocycles. The summed E-state index contributed by atoms with van der Waals surface area (Å²) in [7, 11) is 0. The average Bonchev–Trinajstić information content (AvgIpc) is 2.63. The standard InChI is InChI=1S/C12H18FN3OS/c13-11-8-12(10-14-9-11)15-18-7-4-16-2-1-5-17-6-3-16/h8-10,15H,1-7H2. The van der Waals surface area contributed by atoms with Crippen molar-refractivity contribution in [3.05, 3.63) is 24.3 Å². The van der Waals surface area contributed by atoms with Gasteiger partial charge in [0, 0.05) is 38.1 Å². The molecule has 0 saturated carbocycles. The fraction of sp³-hybridized carbons (Fsp3) is 0.583. The Bertz CT molecular complexity index is 359. The van der Waals surface area contributed by atoms with E-state index >= 15 is 0 Å². The van der Waals surface area contributed by atoms with E-state index in [4.69, 9.17) is 4.74 Å². The van der Waals surface area contributed by atoms with Gasteiger partial charge in [0.25, 0.3) is 0 Å². The summed E-state index contributed by atoms with van der Waals surface area (Å²) in [5, 5.41) is 0. The first kappa shape index (κ1) is 13.6. The smallest absolute Gasteiger partial charge is 0.143 e. The van der Waals surface area contributed by atoms with Crippen molar-refractivity contribution >= 4 is 17.6 Å². The van der Waals surface area contributed by atoms with Crippen LogP contribution < -0.4 is 4.72 Å². The Balaban J connectivity index is 1.63. The fourth-order valence-corrected chi connectivity index (χ4v) is 2.53. The average molecular weight is 271 g/mol. The second-order valence-electron chi connectivity index (χ2n) is 4.15. The van der Waals surface area contributed by atoms with Crippen LogP contribution in [0.2, 0.25) is 0 Å². The zero-order valence-corrected chi connectivity index (χ0v) is 11.1. The first-order valence-corrected chi connectivity index (χ1v) is 7.11. The van der Waals surface area contributed by atoms with Crippen LogP contribution in [-0.2, 0) is 4.74 Å². The third kappa shape index (κ3) is 4.80. The van der Waals surface area contributed by atoms with Crippen LogP contribution >= 0.6 is 11.9 Å². The van der Waals surface area contributed by atoms with Crippen LogP contribution in [0.3, 0.4) is 0 Å². The highest BCUT2D eigenvalue weighted by molar-refractivity contribution is 8.00. The summed E-state index contributed by atoms with van der Waals surface area (Å²) in [5.41, 5.74) is 0.708. The topological polar surface area (TPSA) is 37.4 Å². The lowest BCUT2D eigenvalue weighted by Gasteiger charge is -2.18. The molecular formula is C12H18FN3OS.